The third kappa shape index (κ3) is 3.82. The molecule has 2 rings (SSSR count). The molecule has 0 saturated carbocycles. The smallest absolute Gasteiger partial charge is 0.261 e. The number of rotatable bonds is 5. The predicted octanol–water partition coefficient (Wildman–Crippen LogP) is 0.772. The Labute approximate surface area is 123 Å². The number of carbonyl (C=O) groups is 1. The van der Waals surface area contributed by atoms with Gasteiger partial charge >= 0.3 is 0 Å². The molecule has 1 aromatic heterocycles. The van der Waals surface area contributed by atoms with Gasteiger partial charge in [0.05, 0.1) is 16.8 Å². The minimum Gasteiger partial charge on any atom is -0.347 e. The molecule has 0 fully saturated rings. The van der Waals surface area contributed by atoms with Gasteiger partial charge in [0.2, 0.25) is 5.91 Å². The standard InChI is InChI=1S/C13H16N4O3S/c1-16(2)13(18)10-17-9-11(8-14-17)15-21(19,20)12-6-4-3-5-7-12/h3-9,15H,10H2,1-2H3. The first kappa shape index (κ1) is 15.0. The summed E-state index contributed by atoms with van der Waals surface area (Å²) >= 11 is 0. The Morgan fingerprint density at radius 3 is 2.57 bits per heavy atom. The van der Waals surface area contributed by atoms with E-state index in [0.717, 1.165) is 0 Å². The molecular formula is C13H16N4O3S. The van der Waals surface area contributed by atoms with Crippen LogP contribution in [-0.4, -0.2) is 43.1 Å². The zero-order valence-corrected chi connectivity index (χ0v) is 12.5. The van der Waals surface area contributed by atoms with Gasteiger partial charge in [-0.05, 0) is 12.1 Å². The predicted molar refractivity (Wildman–Crippen MR) is 78.2 cm³/mol. The second-order valence-corrected chi connectivity index (χ2v) is 6.32. The first-order valence-electron chi connectivity index (χ1n) is 6.19. The van der Waals surface area contributed by atoms with Gasteiger partial charge in [0, 0.05) is 20.3 Å². The van der Waals surface area contributed by atoms with E-state index in [2.05, 4.69) is 9.82 Å². The summed E-state index contributed by atoms with van der Waals surface area (Å²) in [7, 11) is -0.356. The number of anilines is 1. The van der Waals surface area contributed by atoms with Crippen LogP contribution in [0.25, 0.3) is 0 Å². The van der Waals surface area contributed by atoms with Crippen LogP contribution in [0.1, 0.15) is 0 Å². The molecule has 112 valence electrons. The van der Waals surface area contributed by atoms with Crippen LogP contribution >= 0.6 is 0 Å². The Morgan fingerprint density at radius 2 is 1.95 bits per heavy atom. The quantitative estimate of drug-likeness (QED) is 0.884. The van der Waals surface area contributed by atoms with Gasteiger partial charge in [-0.15, -0.1) is 0 Å². The first-order chi connectivity index (χ1) is 9.88. The van der Waals surface area contributed by atoms with Crippen molar-refractivity contribution < 1.29 is 13.2 Å². The number of hydrogen-bond donors (Lipinski definition) is 1. The molecule has 0 spiro atoms. The molecule has 1 amide bonds. The number of nitrogens with zero attached hydrogens (tertiary/aromatic N) is 3. The third-order valence-corrected chi connectivity index (χ3v) is 4.13. The van der Waals surface area contributed by atoms with Crippen molar-refractivity contribution in [2.45, 2.75) is 11.4 Å². The number of benzene rings is 1. The largest absolute Gasteiger partial charge is 0.347 e. The molecule has 8 heteroatoms. The third-order valence-electron chi connectivity index (χ3n) is 2.74. The Balaban J connectivity index is 2.11. The minimum atomic E-state index is -3.64. The average molecular weight is 308 g/mol. The van der Waals surface area contributed by atoms with Gasteiger partial charge in [-0.2, -0.15) is 5.10 Å². The molecule has 0 atom stereocenters. The second kappa shape index (κ2) is 5.96. The molecule has 0 bridgehead atoms. The summed E-state index contributed by atoms with van der Waals surface area (Å²) in [5.74, 6) is -0.129. The van der Waals surface area contributed by atoms with E-state index >= 15 is 0 Å². The lowest BCUT2D eigenvalue weighted by molar-refractivity contribution is -0.129. The lowest BCUT2D eigenvalue weighted by atomic mass is 10.4. The molecule has 1 N–H and O–H groups in total. The van der Waals surface area contributed by atoms with Crippen molar-refractivity contribution >= 4 is 21.6 Å². The van der Waals surface area contributed by atoms with Crippen molar-refractivity contribution in [3.63, 3.8) is 0 Å². The van der Waals surface area contributed by atoms with Gasteiger partial charge < -0.3 is 4.90 Å². The monoisotopic (exact) mass is 308 g/mol. The normalized spacial score (nSPS) is 11.1. The van der Waals surface area contributed by atoms with E-state index < -0.39 is 10.0 Å². The fourth-order valence-corrected chi connectivity index (χ4v) is 2.65. The molecule has 7 nitrogen and oxygen atoms in total. The van der Waals surface area contributed by atoms with Crippen molar-refractivity contribution in [3.05, 3.63) is 42.7 Å². The lowest BCUT2D eigenvalue weighted by Gasteiger charge is -2.09. The van der Waals surface area contributed by atoms with Crippen LogP contribution in [0.5, 0.6) is 0 Å². The maximum Gasteiger partial charge on any atom is 0.261 e. The highest BCUT2D eigenvalue weighted by molar-refractivity contribution is 7.92. The Bertz CT molecular complexity index is 723. The zero-order chi connectivity index (χ0) is 15.5. The van der Waals surface area contributed by atoms with Gasteiger partial charge in [0.1, 0.15) is 6.54 Å². The molecule has 1 aromatic carbocycles. The van der Waals surface area contributed by atoms with Gasteiger partial charge in [-0.25, -0.2) is 8.42 Å². The molecule has 1 heterocycles. The van der Waals surface area contributed by atoms with Crippen LogP contribution in [0.3, 0.4) is 0 Å². The highest BCUT2D eigenvalue weighted by Gasteiger charge is 2.15. The van der Waals surface area contributed by atoms with Gasteiger partial charge in [-0.3, -0.25) is 14.2 Å². The van der Waals surface area contributed by atoms with Crippen molar-refractivity contribution in [3.8, 4) is 0 Å². The van der Waals surface area contributed by atoms with Crippen molar-refractivity contribution in [2.75, 3.05) is 18.8 Å². The molecule has 0 aliphatic rings. The van der Waals surface area contributed by atoms with Crippen molar-refractivity contribution in [1.82, 2.24) is 14.7 Å². The summed E-state index contributed by atoms with van der Waals surface area (Å²) in [5.41, 5.74) is 0.311. The Morgan fingerprint density at radius 1 is 1.29 bits per heavy atom. The zero-order valence-electron chi connectivity index (χ0n) is 11.7. The molecule has 0 aliphatic carbocycles. The molecular weight excluding hydrogens is 292 g/mol. The minimum absolute atomic E-state index is 0.0556. The molecule has 0 aliphatic heterocycles. The Kier molecular flexibility index (Phi) is 4.27. The number of nitrogens with one attached hydrogen (secondary N) is 1. The molecule has 21 heavy (non-hydrogen) atoms. The number of sulfonamides is 1. The summed E-state index contributed by atoms with van der Waals surface area (Å²) < 4.78 is 28.0. The topological polar surface area (TPSA) is 84.3 Å². The number of likely N-dealkylation sites (N-methyl/N-ethyl adjacent to an activating group) is 1. The van der Waals surface area contributed by atoms with Crippen LogP contribution in [0.4, 0.5) is 5.69 Å². The SMILES string of the molecule is CN(C)C(=O)Cn1cc(NS(=O)(=O)c2ccccc2)cn1. The Hall–Kier alpha value is -2.35. The fourth-order valence-electron chi connectivity index (χ4n) is 1.60. The molecule has 2 aromatic rings. The van der Waals surface area contributed by atoms with E-state index in [1.807, 2.05) is 0 Å². The second-order valence-electron chi connectivity index (χ2n) is 4.63. The highest BCUT2D eigenvalue weighted by atomic mass is 32.2. The molecule has 0 unspecified atom stereocenters. The maximum atomic E-state index is 12.1. The number of hydrogen-bond acceptors (Lipinski definition) is 4. The fraction of sp³-hybridized carbons (Fsp3) is 0.231. The van der Waals surface area contributed by atoms with E-state index in [-0.39, 0.29) is 17.3 Å². The lowest BCUT2D eigenvalue weighted by Crippen LogP contribution is -2.26. The summed E-state index contributed by atoms with van der Waals surface area (Å²) in [6.45, 7) is 0.0556. The number of amides is 1. The highest BCUT2D eigenvalue weighted by Crippen LogP contribution is 2.14. The van der Waals surface area contributed by atoms with Crippen LogP contribution in [0.2, 0.25) is 0 Å². The molecule has 0 radical (unpaired) electrons. The van der Waals surface area contributed by atoms with E-state index in [0.29, 0.717) is 5.69 Å². The number of aromatic nitrogens is 2. The maximum absolute atomic E-state index is 12.1. The van der Waals surface area contributed by atoms with E-state index in [1.54, 1.807) is 32.3 Å². The summed E-state index contributed by atoms with van der Waals surface area (Å²) in [5, 5.41) is 3.96. The van der Waals surface area contributed by atoms with Crippen LogP contribution < -0.4 is 4.72 Å². The van der Waals surface area contributed by atoms with Gasteiger partial charge in [0.15, 0.2) is 0 Å². The number of carbonyl (C=O) groups excluding carboxylic acids is 1. The summed E-state index contributed by atoms with van der Waals surface area (Å²) in [6, 6.07) is 8.04. The van der Waals surface area contributed by atoms with Crippen LogP contribution in [0, 0.1) is 0 Å². The van der Waals surface area contributed by atoms with E-state index in [4.69, 9.17) is 0 Å². The summed E-state index contributed by atoms with van der Waals surface area (Å²) in [4.78, 5) is 13.2. The van der Waals surface area contributed by atoms with E-state index in [1.165, 1.54) is 34.1 Å². The van der Waals surface area contributed by atoms with Gasteiger partial charge in [0.25, 0.3) is 10.0 Å². The van der Waals surface area contributed by atoms with E-state index in [9.17, 15) is 13.2 Å². The van der Waals surface area contributed by atoms with Gasteiger partial charge in [-0.1, -0.05) is 18.2 Å². The average Bonchev–Trinajstić information content (AvgIpc) is 2.86. The molecule has 0 saturated heterocycles. The van der Waals surface area contributed by atoms with Crippen LogP contribution in [0.15, 0.2) is 47.6 Å². The van der Waals surface area contributed by atoms with Crippen LogP contribution in [-0.2, 0) is 21.4 Å². The van der Waals surface area contributed by atoms with Crippen molar-refractivity contribution in [1.29, 1.82) is 0 Å². The summed E-state index contributed by atoms with van der Waals surface area (Å²) in [6.07, 6.45) is 2.84. The first-order valence-corrected chi connectivity index (χ1v) is 7.67. The van der Waals surface area contributed by atoms with Crippen molar-refractivity contribution in [2.24, 2.45) is 0 Å².